The van der Waals surface area contributed by atoms with Gasteiger partial charge in [0.15, 0.2) is 0 Å². The van der Waals surface area contributed by atoms with Gasteiger partial charge in [0.1, 0.15) is 5.75 Å². The van der Waals surface area contributed by atoms with E-state index in [0.29, 0.717) is 25.0 Å². The van der Waals surface area contributed by atoms with Gasteiger partial charge in [-0.1, -0.05) is 6.07 Å². The maximum absolute atomic E-state index is 12.4. The van der Waals surface area contributed by atoms with Crippen molar-refractivity contribution in [1.82, 2.24) is 15.5 Å². The molecule has 6 heteroatoms. The van der Waals surface area contributed by atoms with Crippen molar-refractivity contribution >= 4 is 5.91 Å². The largest absolute Gasteiger partial charge is 0.493 e. The molecule has 1 aliphatic carbocycles. The molecular formula is C17H19N3O3. The highest BCUT2D eigenvalue weighted by molar-refractivity contribution is 5.93. The van der Waals surface area contributed by atoms with Crippen molar-refractivity contribution in [3.05, 3.63) is 47.3 Å². The van der Waals surface area contributed by atoms with Crippen molar-refractivity contribution in [2.45, 2.75) is 31.4 Å². The monoisotopic (exact) mass is 313 g/mol. The first-order chi connectivity index (χ1) is 11.2. The van der Waals surface area contributed by atoms with Crippen molar-refractivity contribution in [3.63, 3.8) is 0 Å². The Balaban J connectivity index is 1.59. The Morgan fingerprint density at radius 2 is 2.30 bits per heavy atom. The van der Waals surface area contributed by atoms with Crippen molar-refractivity contribution in [3.8, 4) is 5.75 Å². The molecule has 2 aliphatic rings. The average molecular weight is 313 g/mol. The molecule has 0 spiro atoms. The predicted octanol–water partition coefficient (Wildman–Crippen LogP) is 1.59. The van der Waals surface area contributed by atoms with Gasteiger partial charge in [0, 0.05) is 12.6 Å². The van der Waals surface area contributed by atoms with E-state index in [-0.39, 0.29) is 24.0 Å². The molecule has 1 aromatic carbocycles. The fourth-order valence-corrected chi connectivity index (χ4v) is 3.37. The summed E-state index contributed by atoms with van der Waals surface area (Å²) in [6, 6.07) is 6.00. The molecule has 1 amide bonds. The van der Waals surface area contributed by atoms with E-state index in [1.165, 1.54) is 11.8 Å². The molecule has 1 aromatic heterocycles. The minimum Gasteiger partial charge on any atom is -0.493 e. The van der Waals surface area contributed by atoms with Crippen molar-refractivity contribution in [2.24, 2.45) is 5.92 Å². The number of hydrogen-bond donors (Lipinski definition) is 3. The lowest BCUT2D eigenvalue weighted by atomic mass is 9.74. The highest BCUT2D eigenvalue weighted by Gasteiger charge is 2.36. The third kappa shape index (κ3) is 2.70. The van der Waals surface area contributed by atoms with Crippen LogP contribution in [-0.2, 0) is 6.42 Å². The second kappa shape index (κ2) is 5.70. The van der Waals surface area contributed by atoms with Gasteiger partial charge in [-0.3, -0.25) is 9.89 Å². The summed E-state index contributed by atoms with van der Waals surface area (Å²) in [7, 11) is 0. The molecule has 1 fully saturated rings. The maximum atomic E-state index is 12.4. The zero-order chi connectivity index (χ0) is 15.8. The summed E-state index contributed by atoms with van der Waals surface area (Å²) in [4.78, 5) is 12.4. The summed E-state index contributed by atoms with van der Waals surface area (Å²) in [5, 5.41) is 19.2. The normalized spacial score (nSPS) is 23.5. The summed E-state index contributed by atoms with van der Waals surface area (Å²) in [6.45, 7) is 0.715. The summed E-state index contributed by atoms with van der Waals surface area (Å²) >= 11 is 0. The van der Waals surface area contributed by atoms with Gasteiger partial charge in [0.05, 0.1) is 30.5 Å². The molecule has 120 valence electrons. The van der Waals surface area contributed by atoms with Gasteiger partial charge in [0.2, 0.25) is 0 Å². The number of hydrogen-bond acceptors (Lipinski definition) is 4. The number of fused-ring (bicyclic) bond motifs is 1. The quantitative estimate of drug-likeness (QED) is 0.800. The zero-order valence-electron chi connectivity index (χ0n) is 12.7. The zero-order valence-corrected chi connectivity index (χ0v) is 12.7. The fraction of sp³-hybridized carbons (Fsp3) is 0.412. The van der Waals surface area contributed by atoms with E-state index in [9.17, 15) is 9.90 Å². The molecule has 2 aromatic rings. The second-order valence-corrected chi connectivity index (χ2v) is 6.29. The molecule has 0 radical (unpaired) electrons. The Morgan fingerprint density at radius 1 is 1.43 bits per heavy atom. The van der Waals surface area contributed by atoms with Gasteiger partial charge in [-0.15, -0.1) is 0 Å². The van der Waals surface area contributed by atoms with Crippen molar-refractivity contribution in [2.75, 3.05) is 6.61 Å². The number of benzene rings is 1. The first-order valence-corrected chi connectivity index (χ1v) is 7.94. The number of H-pyrrole nitrogens is 1. The lowest BCUT2D eigenvalue weighted by Crippen LogP contribution is -2.41. The van der Waals surface area contributed by atoms with E-state index >= 15 is 0 Å². The summed E-state index contributed by atoms with van der Waals surface area (Å²) < 4.78 is 5.55. The van der Waals surface area contributed by atoms with Gasteiger partial charge in [-0.05, 0) is 42.0 Å². The number of amides is 1. The summed E-state index contributed by atoms with van der Waals surface area (Å²) in [6.07, 6.45) is 5.16. The lowest BCUT2D eigenvalue weighted by molar-refractivity contribution is 0.0235. The Kier molecular flexibility index (Phi) is 3.53. The second-order valence-electron chi connectivity index (χ2n) is 6.29. The summed E-state index contributed by atoms with van der Waals surface area (Å²) in [5.74, 6) is 1.03. The molecule has 4 rings (SSSR count). The van der Waals surface area contributed by atoms with Crippen LogP contribution in [0.4, 0.5) is 0 Å². The van der Waals surface area contributed by atoms with Crippen LogP contribution in [0.3, 0.4) is 0 Å². The fourth-order valence-electron chi connectivity index (χ4n) is 3.37. The van der Waals surface area contributed by atoms with Gasteiger partial charge in [-0.25, -0.2) is 0 Å². The highest BCUT2D eigenvalue weighted by atomic mass is 16.5. The number of carbonyl (C=O) groups excluding carboxylic acids is 1. The molecule has 2 heterocycles. The van der Waals surface area contributed by atoms with E-state index in [1.54, 1.807) is 6.20 Å². The molecule has 3 N–H and O–H groups in total. The van der Waals surface area contributed by atoms with Gasteiger partial charge >= 0.3 is 0 Å². The molecular weight excluding hydrogens is 294 g/mol. The Labute approximate surface area is 133 Å². The highest BCUT2D eigenvalue weighted by Crippen LogP contribution is 2.39. The number of aliphatic hydroxyl groups is 1. The number of aromatic amines is 1. The first-order valence-electron chi connectivity index (χ1n) is 7.94. The number of nitrogens with one attached hydrogen (secondary N) is 2. The van der Waals surface area contributed by atoms with Crippen LogP contribution in [0.25, 0.3) is 0 Å². The van der Waals surface area contributed by atoms with Crippen LogP contribution in [0.1, 0.15) is 40.4 Å². The van der Waals surface area contributed by atoms with E-state index in [0.717, 1.165) is 17.7 Å². The summed E-state index contributed by atoms with van der Waals surface area (Å²) in [5.41, 5.74) is 2.77. The van der Waals surface area contributed by atoms with Gasteiger partial charge in [0.25, 0.3) is 5.91 Å². The number of carbonyl (C=O) groups is 1. The molecule has 1 aliphatic heterocycles. The number of aromatic nitrogens is 2. The Hall–Kier alpha value is -2.34. The average Bonchev–Trinajstić information content (AvgIpc) is 3.19. The molecule has 0 bridgehead atoms. The molecule has 1 atom stereocenters. The van der Waals surface area contributed by atoms with Crippen LogP contribution < -0.4 is 10.1 Å². The van der Waals surface area contributed by atoms with Crippen molar-refractivity contribution in [1.29, 1.82) is 0 Å². The molecule has 0 unspecified atom stereocenters. The van der Waals surface area contributed by atoms with Crippen LogP contribution >= 0.6 is 0 Å². The van der Waals surface area contributed by atoms with E-state index in [1.807, 2.05) is 12.1 Å². The topological polar surface area (TPSA) is 87.2 Å². The minimum absolute atomic E-state index is 0.105. The van der Waals surface area contributed by atoms with Crippen LogP contribution in [0.15, 0.2) is 30.6 Å². The van der Waals surface area contributed by atoms with Crippen LogP contribution in [0.5, 0.6) is 5.75 Å². The molecule has 6 nitrogen and oxygen atoms in total. The molecule has 1 saturated carbocycles. The molecule has 23 heavy (non-hydrogen) atoms. The first kappa shape index (κ1) is 14.3. The van der Waals surface area contributed by atoms with Crippen LogP contribution in [0.2, 0.25) is 0 Å². The van der Waals surface area contributed by atoms with E-state index in [4.69, 9.17) is 4.74 Å². The number of nitrogens with zero attached hydrogens (tertiary/aromatic N) is 1. The molecule has 0 saturated heterocycles. The number of aliphatic hydroxyl groups excluding tert-OH is 1. The third-order valence-electron chi connectivity index (χ3n) is 4.74. The predicted molar refractivity (Wildman–Crippen MR) is 83.2 cm³/mol. The van der Waals surface area contributed by atoms with Gasteiger partial charge < -0.3 is 15.2 Å². The van der Waals surface area contributed by atoms with Crippen LogP contribution in [-0.4, -0.2) is 33.9 Å². The maximum Gasteiger partial charge on any atom is 0.254 e. The Bertz CT molecular complexity index is 708. The lowest BCUT2D eigenvalue weighted by Gasteiger charge is -2.38. The standard InChI is InChI=1S/C17H19N3O3/c21-14-6-12(7-14)16(20-17(22)13-8-18-19-9-13)11-1-2-15-10(5-11)3-4-23-15/h1-2,5,8-9,12,14,16,21H,3-4,6-7H2,(H,18,19)(H,20,22)/t12?,14?,16-/m1/s1. The SMILES string of the molecule is O=C(N[C@H](c1ccc2c(c1)CCO2)C1CC(O)C1)c1cn[nH]c1. The smallest absolute Gasteiger partial charge is 0.254 e. The number of rotatable bonds is 4. The number of ether oxygens (including phenoxy) is 1. The van der Waals surface area contributed by atoms with Crippen LogP contribution in [0, 0.1) is 5.92 Å². The van der Waals surface area contributed by atoms with E-state index < -0.39 is 0 Å². The Morgan fingerprint density at radius 3 is 3.04 bits per heavy atom. The van der Waals surface area contributed by atoms with E-state index in [2.05, 4.69) is 21.6 Å². The third-order valence-corrected chi connectivity index (χ3v) is 4.74. The van der Waals surface area contributed by atoms with Gasteiger partial charge in [-0.2, -0.15) is 5.10 Å². The minimum atomic E-state index is -0.258. The van der Waals surface area contributed by atoms with Crippen molar-refractivity contribution < 1.29 is 14.6 Å².